The van der Waals surface area contributed by atoms with Crippen LogP contribution in [0.4, 0.5) is 0 Å². The second-order valence-corrected chi connectivity index (χ2v) is 7.05. The van der Waals surface area contributed by atoms with E-state index in [2.05, 4.69) is 18.7 Å². The van der Waals surface area contributed by atoms with E-state index in [9.17, 15) is 9.90 Å². The van der Waals surface area contributed by atoms with Gasteiger partial charge < -0.3 is 19.5 Å². The lowest BCUT2D eigenvalue weighted by Gasteiger charge is -2.39. The third kappa shape index (κ3) is 5.27. The van der Waals surface area contributed by atoms with Gasteiger partial charge in [-0.1, -0.05) is 19.9 Å². The van der Waals surface area contributed by atoms with E-state index in [4.69, 9.17) is 9.47 Å². The summed E-state index contributed by atoms with van der Waals surface area (Å²) in [6.45, 7) is 8.14. The van der Waals surface area contributed by atoms with Crippen LogP contribution in [0.2, 0.25) is 0 Å². The van der Waals surface area contributed by atoms with Gasteiger partial charge in [-0.3, -0.25) is 9.69 Å². The summed E-state index contributed by atoms with van der Waals surface area (Å²) in [6.07, 6.45) is 2.43. The van der Waals surface area contributed by atoms with Crippen LogP contribution >= 0.6 is 12.4 Å². The molecule has 152 valence electrons. The van der Waals surface area contributed by atoms with Gasteiger partial charge in [-0.15, -0.1) is 12.4 Å². The highest BCUT2D eigenvalue weighted by atomic mass is 35.5. The van der Waals surface area contributed by atoms with Crippen LogP contribution in [0.25, 0.3) is 0 Å². The van der Waals surface area contributed by atoms with Crippen molar-refractivity contribution in [1.29, 1.82) is 0 Å². The number of halogens is 1. The minimum atomic E-state index is -0.667. The molecule has 0 radical (unpaired) electrons. The van der Waals surface area contributed by atoms with Gasteiger partial charge in [-0.25, -0.2) is 0 Å². The molecule has 1 N–H and O–H groups in total. The molecule has 0 aromatic heterocycles. The van der Waals surface area contributed by atoms with Gasteiger partial charge in [0.1, 0.15) is 0 Å². The first-order valence-electron chi connectivity index (χ1n) is 9.71. The second-order valence-electron chi connectivity index (χ2n) is 7.05. The van der Waals surface area contributed by atoms with Gasteiger partial charge in [0, 0.05) is 38.6 Å². The normalized spacial score (nSPS) is 17.7. The summed E-state index contributed by atoms with van der Waals surface area (Å²) in [5.41, 5.74) is 0.764. The van der Waals surface area contributed by atoms with E-state index in [0.717, 1.165) is 44.6 Å². The van der Waals surface area contributed by atoms with Crippen molar-refractivity contribution in [2.24, 2.45) is 0 Å². The number of carbonyl (C=O) groups excluding carboxylic acids is 1. The summed E-state index contributed by atoms with van der Waals surface area (Å²) < 4.78 is 10.6. The summed E-state index contributed by atoms with van der Waals surface area (Å²) in [5.74, 6) is 1.49. The van der Waals surface area contributed by atoms with Crippen LogP contribution in [-0.2, 0) is 4.79 Å². The summed E-state index contributed by atoms with van der Waals surface area (Å²) in [6, 6.07) is 6.06. The molecule has 0 aliphatic carbocycles. The standard InChI is InChI=1S/C20H30N2O4.ClH/c1-3-16(4-2)21-9-11-22(12-10-21)20(24)8-6-17(23)15-5-7-18-19(13-15)26-14-25-18;/h5,7,13,16-17,23H,3-4,6,8-12,14H2,1-2H3;1H. The van der Waals surface area contributed by atoms with Crippen LogP contribution in [0.3, 0.4) is 0 Å². The lowest BCUT2D eigenvalue weighted by atomic mass is 10.0. The molecule has 0 saturated carbocycles. The highest BCUT2D eigenvalue weighted by molar-refractivity contribution is 5.85. The number of amides is 1. The Hall–Kier alpha value is -1.50. The van der Waals surface area contributed by atoms with E-state index in [1.807, 2.05) is 11.0 Å². The highest BCUT2D eigenvalue weighted by Crippen LogP contribution is 2.35. The SMILES string of the molecule is CCC(CC)N1CCN(C(=O)CCC(O)c2ccc3c(c2)OCO3)CC1.Cl. The van der Waals surface area contributed by atoms with Crippen molar-refractivity contribution in [2.45, 2.75) is 51.7 Å². The first kappa shape index (κ1) is 21.8. The predicted octanol–water partition coefficient (Wildman–Crippen LogP) is 2.98. The van der Waals surface area contributed by atoms with Crippen molar-refractivity contribution < 1.29 is 19.4 Å². The zero-order valence-corrected chi connectivity index (χ0v) is 17.0. The summed E-state index contributed by atoms with van der Waals surface area (Å²) in [5, 5.41) is 10.4. The zero-order chi connectivity index (χ0) is 18.5. The van der Waals surface area contributed by atoms with E-state index in [1.54, 1.807) is 12.1 Å². The summed E-state index contributed by atoms with van der Waals surface area (Å²) in [4.78, 5) is 16.9. The summed E-state index contributed by atoms with van der Waals surface area (Å²) >= 11 is 0. The average Bonchev–Trinajstić information content (AvgIpc) is 3.15. The van der Waals surface area contributed by atoms with Crippen molar-refractivity contribution in [3.8, 4) is 11.5 Å². The molecule has 1 saturated heterocycles. The minimum Gasteiger partial charge on any atom is -0.454 e. The Kier molecular flexibility index (Phi) is 8.20. The third-order valence-electron chi connectivity index (χ3n) is 5.54. The van der Waals surface area contributed by atoms with Gasteiger partial charge in [0.15, 0.2) is 11.5 Å². The van der Waals surface area contributed by atoms with Crippen LogP contribution < -0.4 is 9.47 Å². The molecule has 7 heteroatoms. The molecule has 2 aliphatic heterocycles. The molecule has 1 aromatic carbocycles. The van der Waals surface area contributed by atoms with E-state index in [-0.39, 0.29) is 25.1 Å². The number of nitrogens with zero attached hydrogens (tertiary/aromatic N) is 2. The molecule has 6 nitrogen and oxygen atoms in total. The van der Waals surface area contributed by atoms with Gasteiger partial charge >= 0.3 is 0 Å². The first-order chi connectivity index (χ1) is 12.6. The zero-order valence-electron chi connectivity index (χ0n) is 16.2. The maximum atomic E-state index is 12.5. The molecule has 0 spiro atoms. The fraction of sp³-hybridized carbons (Fsp3) is 0.650. The molecule has 0 bridgehead atoms. The van der Waals surface area contributed by atoms with Crippen LogP contribution in [0.1, 0.15) is 51.2 Å². The number of fused-ring (bicyclic) bond motifs is 1. The second kappa shape index (κ2) is 10.2. The van der Waals surface area contributed by atoms with Gasteiger partial charge in [0.05, 0.1) is 6.10 Å². The average molecular weight is 399 g/mol. The fourth-order valence-corrected chi connectivity index (χ4v) is 3.85. The maximum absolute atomic E-state index is 12.5. The van der Waals surface area contributed by atoms with Crippen molar-refractivity contribution in [1.82, 2.24) is 9.80 Å². The van der Waals surface area contributed by atoms with Gasteiger partial charge in [-0.05, 0) is 37.0 Å². The molecular formula is C20H31ClN2O4. The lowest BCUT2D eigenvalue weighted by Crippen LogP contribution is -2.51. The largest absolute Gasteiger partial charge is 0.454 e. The van der Waals surface area contributed by atoms with Crippen molar-refractivity contribution >= 4 is 18.3 Å². The molecule has 2 heterocycles. The van der Waals surface area contributed by atoms with Gasteiger partial charge in [0.25, 0.3) is 0 Å². The Balaban J connectivity index is 0.00000261. The number of hydrogen-bond donors (Lipinski definition) is 1. The summed E-state index contributed by atoms with van der Waals surface area (Å²) in [7, 11) is 0. The number of aliphatic hydroxyl groups is 1. The van der Waals surface area contributed by atoms with E-state index in [1.165, 1.54) is 0 Å². The molecule has 1 atom stereocenters. The van der Waals surface area contributed by atoms with Crippen LogP contribution in [0.5, 0.6) is 11.5 Å². The quantitative estimate of drug-likeness (QED) is 0.765. The number of ether oxygens (including phenoxy) is 2. The Labute approximate surface area is 167 Å². The van der Waals surface area contributed by atoms with Crippen LogP contribution in [-0.4, -0.2) is 59.8 Å². The van der Waals surface area contributed by atoms with Crippen LogP contribution in [0.15, 0.2) is 18.2 Å². The minimum absolute atomic E-state index is 0. The number of hydrogen-bond acceptors (Lipinski definition) is 5. The molecule has 1 fully saturated rings. The Bertz CT molecular complexity index is 616. The van der Waals surface area contributed by atoms with Crippen molar-refractivity contribution in [2.75, 3.05) is 33.0 Å². The number of benzene rings is 1. The Morgan fingerprint density at radius 2 is 1.78 bits per heavy atom. The maximum Gasteiger partial charge on any atom is 0.231 e. The molecule has 3 rings (SSSR count). The van der Waals surface area contributed by atoms with Crippen molar-refractivity contribution in [3.05, 3.63) is 23.8 Å². The Morgan fingerprint density at radius 3 is 2.44 bits per heavy atom. The molecule has 1 amide bonds. The topological polar surface area (TPSA) is 62.2 Å². The first-order valence-corrected chi connectivity index (χ1v) is 9.71. The molecular weight excluding hydrogens is 368 g/mol. The highest BCUT2D eigenvalue weighted by Gasteiger charge is 2.25. The Morgan fingerprint density at radius 1 is 1.11 bits per heavy atom. The fourth-order valence-electron chi connectivity index (χ4n) is 3.85. The third-order valence-corrected chi connectivity index (χ3v) is 5.54. The predicted molar refractivity (Wildman–Crippen MR) is 107 cm³/mol. The number of aliphatic hydroxyl groups excluding tert-OH is 1. The molecule has 2 aliphatic rings. The number of rotatable bonds is 7. The molecule has 27 heavy (non-hydrogen) atoms. The molecule has 1 unspecified atom stereocenters. The van der Waals surface area contributed by atoms with E-state index in [0.29, 0.717) is 30.4 Å². The van der Waals surface area contributed by atoms with E-state index >= 15 is 0 Å². The molecule has 1 aromatic rings. The van der Waals surface area contributed by atoms with Crippen molar-refractivity contribution in [3.63, 3.8) is 0 Å². The monoisotopic (exact) mass is 398 g/mol. The number of piperazine rings is 1. The smallest absolute Gasteiger partial charge is 0.231 e. The van der Waals surface area contributed by atoms with Crippen LogP contribution in [0, 0.1) is 0 Å². The number of carbonyl (C=O) groups is 1. The van der Waals surface area contributed by atoms with E-state index < -0.39 is 6.10 Å². The van der Waals surface area contributed by atoms with Gasteiger partial charge in [0.2, 0.25) is 12.7 Å². The van der Waals surface area contributed by atoms with Gasteiger partial charge in [-0.2, -0.15) is 0 Å². The lowest BCUT2D eigenvalue weighted by molar-refractivity contribution is -0.133.